The van der Waals surface area contributed by atoms with Gasteiger partial charge in [0.05, 0.1) is 11.0 Å². The number of aromatic nitrogens is 1. The summed E-state index contributed by atoms with van der Waals surface area (Å²) < 4.78 is 8.65. The van der Waals surface area contributed by atoms with Gasteiger partial charge >= 0.3 is 0 Å². The van der Waals surface area contributed by atoms with Crippen LogP contribution in [0.4, 0.5) is 17.1 Å². The van der Waals surface area contributed by atoms with Crippen LogP contribution in [0.5, 0.6) is 0 Å². The van der Waals surface area contributed by atoms with Crippen molar-refractivity contribution in [3.05, 3.63) is 206 Å². The summed E-state index contributed by atoms with van der Waals surface area (Å²) in [5, 5.41) is 7.22. The average molecular weight is 703 g/mol. The quantitative estimate of drug-likeness (QED) is 0.172. The number of para-hydroxylation sites is 3. The summed E-state index contributed by atoms with van der Waals surface area (Å²) in [6.07, 6.45) is 0. The van der Waals surface area contributed by atoms with E-state index in [9.17, 15) is 0 Å². The molecule has 9 aromatic carbocycles. The molecule has 11 rings (SSSR count). The number of nitrogens with zero attached hydrogens (tertiary/aromatic N) is 2. The molecular weight excluding hydrogens is 669 g/mol. The van der Waals surface area contributed by atoms with Crippen LogP contribution in [0.3, 0.4) is 0 Å². The molecule has 11 aromatic rings. The van der Waals surface area contributed by atoms with Crippen molar-refractivity contribution in [1.82, 2.24) is 4.57 Å². The Morgan fingerprint density at radius 1 is 0.364 bits per heavy atom. The van der Waals surface area contributed by atoms with Crippen LogP contribution in [0.15, 0.2) is 211 Å². The van der Waals surface area contributed by atoms with Gasteiger partial charge in [-0.2, -0.15) is 0 Å². The van der Waals surface area contributed by atoms with Gasteiger partial charge in [-0.25, -0.2) is 0 Å². The van der Waals surface area contributed by atoms with Crippen molar-refractivity contribution in [3.63, 3.8) is 0 Å². The first kappa shape index (κ1) is 31.2. The summed E-state index contributed by atoms with van der Waals surface area (Å²) in [6, 6.07) is 74.0. The van der Waals surface area contributed by atoms with E-state index in [1.54, 1.807) is 0 Å². The number of hydrogen-bond donors (Lipinski definition) is 0. The van der Waals surface area contributed by atoms with E-state index >= 15 is 0 Å². The van der Waals surface area contributed by atoms with Crippen LogP contribution < -0.4 is 4.90 Å². The number of fused-ring (bicyclic) bond motifs is 7. The lowest BCUT2D eigenvalue weighted by molar-refractivity contribution is 0.669. The van der Waals surface area contributed by atoms with Crippen LogP contribution in [0, 0.1) is 0 Å². The molecule has 0 amide bonds. The van der Waals surface area contributed by atoms with Gasteiger partial charge in [0.1, 0.15) is 11.2 Å². The summed E-state index contributed by atoms with van der Waals surface area (Å²) in [7, 11) is 0. The van der Waals surface area contributed by atoms with Crippen molar-refractivity contribution in [2.75, 3.05) is 4.90 Å². The van der Waals surface area contributed by atoms with E-state index in [-0.39, 0.29) is 0 Å². The van der Waals surface area contributed by atoms with Gasteiger partial charge in [-0.15, -0.1) is 0 Å². The molecule has 0 saturated carbocycles. The molecular formula is C52H34N2O. The highest BCUT2D eigenvalue weighted by Crippen LogP contribution is 2.42. The lowest BCUT2D eigenvalue weighted by atomic mass is 9.98. The summed E-state index contributed by atoms with van der Waals surface area (Å²) in [6.45, 7) is 0. The standard InChI is InChI=1S/C52H34N2O/c1-2-13-37-33-43(31-28-35(37)12-1)53(41-16-10-15-39(34-41)44-21-11-25-51-52(44)47-20-5-8-24-50(47)55-51)40-29-26-36(27-30-40)38-14-9-17-42(32-38)54-48-22-6-3-18-45(48)46-19-4-7-23-49(46)54/h1-34H. The second kappa shape index (κ2) is 12.6. The Balaban J connectivity index is 1.02. The van der Waals surface area contributed by atoms with Gasteiger partial charge in [0.25, 0.3) is 0 Å². The first-order chi connectivity index (χ1) is 27.3. The first-order valence-electron chi connectivity index (χ1n) is 18.8. The Morgan fingerprint density at radius 2 is 0.982 bits per heavy atom. The minimum atomic E-state index is 0.897. The average Bonchev–Trinajstić information content (AvgIpc) is 3.80. The summed E-state index contributed by atoms with van der Waals surface area (Å²) in [4.78, 5) is 2.36. The molecule has 3 heteroatoms. The van der Waals surface area contributed by atoms with Crippen molar-refractivity contribution in [2.24, 2.45) is 0 Å². The Labute approximate surface area is 318 Å². The van der Waals surface area contributed by atoms with E-state index < -0.39 is 0 Å². The molecule has 0 bridgehead atoms. The van der Waals surface area contributed by atoms with Gasteiger partial charge in [0.2, 0.25) is 0 Å². The van der Waals surface area contributed by atoms with Crippen LogP contribution in [0.1, 0.15) is 0 Å². The monoisotopic (exact) mass is 702 g/mol. The van der Waals surface area contributed by atoms with E-state index in [1.165, 1.54) is 38.1 Å². The maximum atomic E-state index is 6.27. The Hall–Kier alpha value is -7.36. The highest BCUT2D eigenvalue weighted by Gasteiger charge is 2.18. The maximum Gasteiger partial charge on any atom is 0.136 e. The van der Waals surface area contributed by atoms with Crippen molar-refractivity contribution < 1.29 is 4.42 Å². The highest BCUT2D eigenvalue weighted by atomic mass is 16.3. The van der Waals surface area contributed by atoms with Crippen LogP contribution in [0.2, 0.25) is 0 Å². The molecule has 0 aliphatic carbocycles. The van der Waals surface area contributed by atoms with Gasteiger partial charge in [-0.1, -0.05) is 133 Å². The molecule has 2 heterocycles. The minimum absolute atomic E-state index is 0.897. The molecule has 0 atom stereocenters. The van der Waals surface area contributed by atoms with E-state index in [1.807, 2.05) is 12.1 Å². The van der Waals surface area contributed by atoms with Crippen molar-refractivity contribution in [2.45, 2.75) is 0 Å². The largest absolute Gasteiger partial charge is 0.456 e. The molecule has 0 aliphatic heterocycles. The molecule has 0 N–H and O–H groups in total. The fourth-order valence-electron chi connectivity index (χ4n) is 8.42. The minimum Gasteiger partial charge on any atom is -0.456 e. The predicted octanol–water partition coefficient (Wildman–Crippen LogP) is 14.6. The Kier molecular flexibility index (Phi) is 7.17. The molecule has 258 valence electrons. The second-order valence-electron chi connectivity index (χ2n) is 14.2. The highest BCUT2D eigenvalue weighted by molar-refractivity contribution is 6.13. The Bertz CT molecular complexity index is 3170. The number of benzene rings is 9. The molecule has 55 heavy (non-hydrogen) atoms. The lowest BCUT2D eigenvalue weighted by Gasteiger charge is -2.26. The molecule has 0 saturated heterocycles. The van der Waals surface area contributed by atoms with E-state index in [0.717, 1.165) is 61.4 Å². The third-order valence-corrected chi connectivity index (χ3v) is 11.0. The molecule has 0 aliphatic rings. The first-order valence-corrected chi connectivity index (χ1v) is 18.8. The zero-order valence-electron chi connectivity index (χ0n) is 29.9. The van der Waals surface area contributed by atoms with Gasteiger partial charge in [0.15, 0.2) is 0 Å². The molecule has 3 nitrogen and oxygen atoms in total. The summed E-state index contributed by atoms with van der Waals surface area (Å²) >= 11 is 0. The van der Waals surface area contributed by atoms with Crippen LogP contribution in [-0.4, -0.2) is 4.57 Å². The molecule has 0 unspecified atom stereocenters. The van der Waals surface area contributed by atoms with Crippen molar-refractivity contribution >= 4 is 71.6 Å². The fourth-order valence-corrected chi connectivity index (χ4v) is 8.42. The van der Waals surface area contributed by atoms with Crippen LogP contribution in [0.25, 0.3) is 82.5 Å². The third-order valence-electron chi connectivity index (χ3n) is 11.0. The van der Waals surface area contributed by atoms with Crippen molar-refractivity contribution in [3.8, 4) is 27.9 Å². The predicted molar refractivity (Wildman–Crippen MR) is 231 cm³/mol. The van der Waals surface area contributed by atoms with Gasteiger partial charge < -0.3 is 13.9 Å². The maximum absolute atomic E-state index is 6.27. The van der Waals surface area contributed by atoms with E-state index in [0.29, 0.717) is 0 Å². The van der Waals surface area contributed by atoms with E-state index in [2.05, 4.69) is 204 Å². The van der Waals surface area contributed by atoms with Gasteiger partial charge in [-0.3, -0.25) is 0 Å². The van der Waals surface area contributed by atoms with Gasteiger partial charge in [-0.05, 0) is 106 Å². The van der Waals surface area contributed by atoms with Crippen LogP contribution >= 0.6 is 0 Å². The zero-order chi connectivity index (χ0) is 36.3. The second-order valence-corrected chi connectivity index (χ2v) is 14.2. The summed E-state index contributed by atoms with van der Waals surface area (Å²) in [5.74, 6) is 0. The van der Waals surface area contributed by atoms with Crippen LogP contribution in [-0.2, 0) is 0 Å². The Morgan fingerprint density at radius 3 is 1.80 bits per heavy atom. The number of furan rings is 1. The smallest absolute Gasteiger partial charge is 0.136 e. The fraction of sp³-hybridized carbons (Fsp3) is 0. The lowest BCUT2D eigenvalue weighted by Crippen LogP contribution is -2.10. The number of anilines is 3. The summed E-state index contributed by atoms with van der Waals surface area (Å²) in [5.41, 5.74) is 13.3. The molecule has 0 radical (unpaired) electrons. The topological polar surface area (TPSA) is 21.3 Å². The number of hydrogen-bond acceptors (Lipinski definition) is 2. The van der Waals surface area contributed by atoms with E-state index in [4.69, 9.17) is 4.42 Å². The zero-order valence-corrected chi connectivity index (χ0v) is 29.9. The third kappa shape index (κ3) is 5.20. The normalized spacial score (nSPS) is 11.6. The number of rotatable bonds is 6. The molecule has 0 fully saturated rings. The molecule has 0 spiro atoms. The van der Waals surface area contributed by atoms with Gasteiger partial charge in [0, 0.05) is 44.3 Å². The van der Waals surface area contributed by atoms with Crippen molar-refractivity contribution in [1.29, 1.82) is 0 Å². The molecule has 2 aromatic heterocycles. The SMILES string of the molecule is c1cc(-c2cccc3oc4ccccc4c23)cc(N(c2ccc(-c3cccc(-n4c5ccccc5c5ccccc54)c3)cc2)c2ccc3ccccc3c2)c1.